The fraction of sp³-hybridized carbons (Fsp3) is 0.400. The first-order chi connectivity index (χ1) is 9.20. The average Bonchev–Trinajstić information content (AvgIpc) is 2.85. The normalized spacial score (nSPS) is 17.9. The van der Waals surface area contributed by atoms with Crippen molar-refractivity contribution in [2.24, 2.45) is 0 Å². The zero-order chi connectivity index (χ0) is 13.4. The topological polar surface area (TPSA) is 29.9 Å². The quantitative estimate of drug-likeness (QED) is 0.896. The number of anilines is 1. The number of benzene rings is 1. The predicted octanol–water partition coefficient (Wildman–Crippen LogP) is 3.30. The van der Waals surface area contributed by atoms with E-state index in [0.29, 0.717) is 5.56 Å². The summed E-state index contributed by atoms with van der Waals surface area (Å²) in [6.07, 6.45) is 3.79. The minimum absolute atomic E-state index is 0.131. The lowest BCUT2D eigenvalue weighted by Crippen LogP contribution is -2.25. The van der Waals surface area contributed by atoms with Gasteiger partial charge in [-0.25, -0.2) is 9.07 Å². The van der Waals surface area contributed by atoms with Gasteiger partial charge in [-0.1, -0.05) is 19.1 Å². The lowest BCUT2D eigenvalue weighted by Gasteiger charge is -2.27. The minimum Gasteiger partial charge on any atom is -0.370 e. The van der Waals surface area contributed by atoms with E-state index in [1.165, 1.54) is 5.56 Å². The Bertz CT molecular complexity index is 603. The first-order valence-electron chi connectivity index (χ1n) is 6.77. The number of nitrogens with one attached hydrogen (secondary N) is 1. The second-order valence-corrected chi connectivity index (χ2v) is 5.06. The maximum Gasteiger partial charge on any atom is 0.128 e. The monoisotopic (exact) mass is 259 g/mol. The van der Waals surface area contributed by atoms with E-state index >= 15 is 0 Å². The van der Waals surface area contributed by atoms with Crippen molar-refractivity contribution in [2.75, 3.05) is 11.9 Å². The molecule has 0 radical (unpaired) electrons. The molecule has 0 spiro atoms. The van der Waals surface area contributed by atoms with E-state index in [9.17, 15) is 4.39 Å². The fourth-order valence-electron chi connectivity index (χ4n) is 2.66. The van der Waals surface area contributed by atoms with E-state index < -0.39 is 0 Å². The molecule has 100 valence electrons. The Morgan fingerprint density at radius 3 is 3.05 bits per heavy atom. The van der Waals surface area contributed by atoms with Gasteiger partial charge in [-0.05, 0) is 37.0 Å². The van der Waals surface area contributed by atoms with Crippen LogP contribution in [0.5, 0.6) is 0 Å². The van der Waals surface area contributed by atoms with Gasteiger partial charge in [0.25, 0.3) is 0 Å². The van der Waals surface area contributed by atoms with E-state index in [2.05, 4.69) is 17.3 Å². The predicted molar refractivity (Wildman–Crippen MR) is 74.0 cm³/mol. The minimum atomic E-state index is -0.138. The maximum atomic E-state index is 13.7. The molecule has 3 rings (SSSR count). The van der Waals surface area contributed by atoms with Gasteiger partial charge in [-0.2, -0.15) is 5.10 Å². The Morgan fingerprint density at radius 1 is 1.47 bits per heavy atom. The molecule has 1 atom stereocenters. The molecule has 4 heteroatoms. The van der Waals surface area contributed by atoms with E-state index in [0.717, 1.165) is 30.8 Å². The molecule has 3 nitrogen and oxygen atoms in total. The maximum absolute atomic E-state index is 13.7. The summed E-state index contributed by atoms with van der Waals surface area (Å²) in [4.78, 5) is 0. The van der Waals surface area contributed by atoms with Gasteiger partial charge in [-0.15, -0.1) is 0 Å². The summed E-state index contributed by atoms with van der Waals surface area (Å²) in [5, 5.41) is 7.86. The van der Waals surface area contributed by atoms with E-state index in [-0.39, 0.29) is 11.9 Å². The van der Waals surface area contributed by atoms with Crippen LogP contribution in [0, 0.1) is 12.7 Å². The van der Waals surface area contributed by atoms with Crippen LogP contribution in [0.25, 0.3) is 0 Å². The third kappa shape index (κ3) is 2.01. The number of aromatic nitrogens is 2. The highest BCUT2D eigenvalue weighted by molar-refractivity contribution is 5.47. The molecule has 2 heterocycles. The standard InChI is InChI=1S/C15H18FN3/c1-3-11-9-18-19-14(6-7-17-15(11)19)12-5-4-10(2)13(16)8-12/h4-5,8-9,14,17H,3,6-7H2,1-2H3. The summed E-state index contributed by atoms with van der Waals surface area (Å²) in [5.41, 5.74) is 2.90. The molecule has 2 aromatic rings. The lowest BCUT2D eigenvalue weighted by molar-refractivity contribution is 0.478. The van der Waals surface area contributed by atoms with Crippen LogP contribution in [0.4, 0.5) is 10.2 Å². The second-order valence-electron chi connectivity index (χ2n) is 5.06. The summed E-state index contributed by atoms with van der Waals surface area (Å²) < 4.78 is 15.7. The van der Waals surface area contributed by atoms with Gasteiger partial charge in [-0.3, -0.25) is 0 Å². The molecular formula is C15H18FN3. The van der Waals surface area contributed by atoms with Gasteiger partial charge >= 0.3 is 0 Å². The lowest BCUT2D eigenvalue weighted by atomic mass is 10.0. The smallest absolute Gasteiger partial charge is 0.128 e. The molecule has 1 N–H and O–H groups in total. The summed E-state index contributed by atoms with van der Waals surface area (Å²) in [5.74, 6) is 0.945. The largest absolute Gasteiger partial charge is 0.370 e. The van der Waals surface area contributed by atoms with Gasteiger partial charge in [0.05, 0.1) is 12.2 Å². The highest BCUT2D eigenvalue weighted by Gasteiger charge is 2.24. The Morgan fingerprint density at radius 2 is 2.32 bits per heavy atom. The SMILES string of the molecule is CCc1cnn2c1NCCC2c1ccc(C)c(F)c1. The van der Waals surface area contributed by atoms with Gasteiger partial charge in [0.2, 0.25) is 0 Å². The summed E-state index contributed by atoms with van der Waals surface area (Å²) in [7, 11) is 0. The van der Waals surface area contributed by atoms with Crippen LogP contribution in [0.1, 0.15) is 36.1 Å². The van der Waals surface area contributed by atoms with Gasteiger partial charge < -0.3 is 5.32 Å². The Balaban J connectivity index is 2.03. The van der Waals surface area contributed by atoms with Crippen molar-refractivity contribution in [1.82, 2.24) is 9.78 Å². The Hall–Kier alpha value is -1.84. The van der Waals surface area contributed by atoms with Crippen LogP contribution in [0.3, 0.4) is 0 Å². The molecule has 1 unspecified atom stereocenters. The summed E-state index contributed by atoms with van der Waals surface area (Å²) >= 11 is 0. The third-order valence-electron chi connectivity index (χ3n) is 3.84. The Labute approximate surface area is 112 Å². The number of rotatable bonds is 2. The van der Waals surface area contributed by atoms with Gasteiger partial charge in [0.15, 0.2) is 0 Å². The second kappa shape index (κ2) is 4.68. The first kappa shape index (κ1) is 12.2. The number of nitrogens with zero attached hydrogens (tertiary/aromatic N) is 2. The molecule has 0 saturated heterocycles. The number of aryl methyl sites for hydroxylation is 2. The van der Waals surface area contributed by atoms with Crippen molar-refractivity contribution in [1.29, 1.82) is 0 Å². The zero-order valence-electron chi connectivity index (χ0n) is 11.3. The highest BCUT2D eigenvalue weighted by Crippen LogP contribution is 2.32. The summed E-state index contributed by atoms with van der Waals surface area (Å²) in [6, 6.07) is 5.62. The van der Waals surface area contributed by atoms with E-state index in [1.54, 1.807) is 13.0 Å². The van der Waals surface area contributed by atoms with Crippen LogP contribution in [-0.4, -0.2) is 16.3 Å². The molecule has 1 aromatic heterocycles. The third-order valence-corrected chi connectivity index (χ3v) is 3.84. The van der Waals surface area contributed by atoms with Crippen molar-refractivity contribution >= 4 is 5.82 Å². The van der Waals surface area contributed by atoms with Gasteiger partial charge in [0.1, 0.15) is 11.6 Å². The Kier molecular flexibility index (Phi) is 3.01. The van der Waals surface area contributed by atoms with Crippen LogP contribution >= 0.6 is 0 Å². The fourth-order valence-corrected chi connectivity index (χ4v) is 2.66. The van der Waals surface area contributed by atoms with Crippen molar-refractivity contribution in [3.63, 3.8) is 0 Å². The number of hydrogen-bond acceptors (Lipinski definition) is 2. The first-order valence-corrected chi connectivity index (χ1v) is 6.77. The number of hydrogen-bond donors (Lipinski definition) is 1. The highest BCUT2D eigenvalue weighted by atomic mass is 19.1. The molecule has 19 heavy (non-hydrogen) atoms. The van der Waals surface area contributed by atoms with Crippen LogP contribution in [-0.2, 0) is 6.42 Å². The molecule has 0 amide bonds. The summed E-state index contributed by atoms with van der Waals surface area (Å²) in [6.45, 7) is 4.81. The number of fused-ring (bicyclic) bond motifs is 1. The van der Waals surface area contributed by atoms with Crippen molar-refractivity contribution in [3.8, 4) is 0 Å². The zero-order valence-corrected chi connectivity index (χ0v) is 11.3. The molecule has 0 fully saturated rings. The molecule has 0 bridgehead atoms. The van der Waals surface area contributed by atoms with Gasteiger partial charge in [0, 0.05) is 12.1 Å². The molecule has 0 aliphatic carbocycles. The molecule has 1 aromatic carbocycles. The van der Waals surface area contributed by atoms with E-state index in [1.807, 2.05) is 23.0 Å². The average molecular weight is 259 g/mol. The van der Waals surface area contributed by atoms with Crippen molar-refractivity contribution in [2.45, 2.75) is 32.7 Å². The molecule has 0 saturated carbocycles. The molecule has 1 aliphatic heterocycles. The molecular weight excluding hydrogens is 241 g/mol. The molecule has 1 aliphatic rings. The van der Waals surface area contributed by atoms with Crippen molar-refractivity contribution < 1.29 is 4.39 Å². The van der Waals surface area contributed by atoms with E-state index in [4.69, 9.17) is 0 Å². The van der Waals surface area contributed by atoms with Crippen LogP contribution in [0.2, 0.25) is 0 Å². The number of halogens is 1. The van der Waals surface area contributed by atoms with Crippen molar-refractivity contribution in [3.05, 3.63) is 46.9 Å². The van der Waals surface area contributed by atoms with Crippen LogP contribution in [0.15, 0.2) is 24.4 Å². The van der Waals surface area contributed by atoms with Crippen LogP contribution < -0.4 is 5.32 Å².